The maximum absolute atomic E-state index is 11.9. The van der Waals surface area contributed by atoms with Gasteiger partial charge < -0.3 is 10.5 Å². The Morgan fingerprint density at radius 3 is 2.76 bits per heavy atom. The molecule has 0 amide bonds. The van der Waals surface area contributed by atoms with E-state index in [-0.39, 0.29) is 5.75 Å². The molecule has 0 radical (unpaired) electrons. The number of unbranched alkanes of at least 4 members (excludes halogenated alkanes) is 1. The first-order valence-electron chi connectivity index (χ1n) is 6.28. The molecule has 0 saturated carbocycles. The molecule has 0 spiro atoms. The molecule has 1 fully saturated rings. The molecule has 1 heterocycles. The second kappa shape index (κ2) is 7.31. The highest BCUT2D eigenvalue weighted by Crippen LogP contribution is 2.16. The van der Waals surface area contributed by atoms with Crippen molar-refractivity contribution in [1.29, 1.82) is 0 Å². The lowest BCUT2D eigenvalue weighted by Crippen LogP contribution is -2.36. The third-order valence-corrected chi connectivity index (χ3v) is 5.00. The molecule has 1 aliphatic rings. The van der Waals surface area contributed by atoms with Gasteiger partial charge in [-0.25, -0.2) is 12.7 Å². The number of hydrogen-bond acceptors (Lipinski definition) is 4. The molecule has 1 aliphatic heterocycles. The summed E-state index contributed by atoms with van der Waals surface area (Å²) < 4.78 is 30.7. The Morgan fingerprint density at radius 1 is 1.41 bits per heavy atom. The van der Waals surface area contributed by atoms with Gasteiger partial charge in [-0.1, -0.05) is 0 Å². The number of nitrogens with zero attached hydrogens (tertiary/aromatic N) is 1. The average molecular weight is 264 g/mol. The molecular weight excluding hydrogens is 240 g/mol. The highest BCUT2D eigenvalue weighted by molar-refractivity contribution is 7.89. The molecule has 1 unspecified atom stereocenters. The van der Waals surface area contributed by atoms with E-state index in [0.717, 1.165) is 25.9 Å². The van der Waals surface area contributed by atoms with Crippen LogP contribution in [-0.4, -0.2) is 51.8 Å². The van der Waals surface area contributed by atoms with Gasteiger partial charge in [-0.3, -0.25) is 0 Å². The smallest absolute Gasteiger partial charge is 0.213 e. The third-order valence-electron chi connectivity index (χ3n) is 3.10. The Bertz CT molecular complexity index is 300. The molecule has 0 bridgehead atoms. The maximum Gasteiger partial charge on any atom is 0.213 e. The van der Waals surface area contributed by atoms with Gasteiger partial charge in [0.2, 0.25) is 10.0 Å². The first-order chi connectivity index (χ1) is 8.06. The van der Waals surface area contributed by atoms with Crippen LogP contribution in [0.5, 0.6) is 0 Å². The predicted octanol–water partition coefficient (Wildman–Crippen LogP) is 0.414. The van der Waals surface area contributed by atoms with Gasteiger partial charge in [-0.05, 0) is 38.1 Å². The summed E-state index contributed by atoms with van der Waals surface area (Å²) in [5.41, 5.74) is 5.36. The Morgan fingerprint density at radius 2 is 2.18 bits per heavy atom. The Kier molecular flexibility index (Phi) is 6.40. The molecule has 5 nitrogen and oxygen atoms in total. The summed E-state index contributed by atoms with van der Waals surface area (Å²) in [6.07, 6.45) is 3.50. The summed E-state index contributed by atoms with van der Waals surface area (Å²) >= 11 is 0. The molecular formula is C11H24N2O3S. The summed E-state index contributed by atoms with van der Waals surface area (Å²) in [5.74, 6) is 0.548. The lowest BCUT2D eigenvalue weighted by atomic mass is 10.0. The Hall–Kier alpha value is -0.170. The topological polar surface area (TPSA) is 72.6 Å². The molecule has 0 aliphatic carbocycles. The first kappa shape index (κ1) is 14.9. The molecule has 1 rings (SSSR count). The normalized spacial score (nSPS) is 21.9. The highest BCUT2D eigenvalue weighted by atomic mass is 32.2. The molecule has 1 saturated heterocycles. The van der Waals surface area contributed by atoms with Crippen LogP contribution in [0, 0.1) is 5.92 Å². The lowest BCUT2D eigenvalue weighted by Gasteiger charge is -2.26. The van der Waals surface area contributed by atoms with Crippen molar-refractivity contribution in [3.8, 4) is 0 Å². The van der Waals surface area contributed by atoms with Crippen LogP contribution in [0.15, 0.2) is 0 Å². The molecule has 0 aromatic heterocycles. The minimum atomic E-state index is -3.11. The van der Waals surface area contributed by atoms with Crippen LogP contribution < -0.4 is 5.73 Å². The van der Waals surface area contributed by atoms with E-state index in [2.05, 4.69) is 0 Å². The molecule has 1 atom stereocenters. The highest BCUT2D eigenvalue weighted by Gasteiger charge is 2.22. The van der Waals surface area contributed by atoms with Gasteiger partial charge in [0.25, 0.3) is 0 Å². The zero-order chi connectivity index (χ0) is 12.7. The fraction of sp³-hybridized carbons (Fsp3) is 1.00. The van der Waals surface area contributed by atoms with E-state index in [9.17, 15) is 8.42 Å². The number of nitrogens with two attached hydrogens (primary N) is 1. The number of ether oxygens (including phenoxy) is 1. The summed E-state index contributed by atoms with van der Waals surface area (Å²) in [7, 11) is -1.45. The van der Waals surface area contributed by atoms with Crippen molar-refractivity contribution >= 4 is 10.0 Å². The van der Waals surface area contributed by atoms with Crippen molar-refractivity contribution in [3.05, 3.63) is 0 Å². The molecule has 102 valence electrons. The average Bonchev–Trinajstić information content (AvgIpc) is 2.30. The van der Waals surface area contributed by atoms with Crippen molar-refractivity contribution in [2.75, 3.05) is 39.1 Å². The maximum atomic E-state index is 11.9. The van der Waals surface area contributed by atoms with Gasteiger partial charge in [0.1, 0.15) is 0 Å². The van der Waals surface area contributed by atoms with E-state index in [4.69, 9.17) is 10.5 Å². The standard InChI is InChI=1S/C11H24N2O3S/c1-13(9-11-5-4-7-16-10-11)17(14,15)8-3-2-6-12/h11H,2-10,12H2,1H3. The quantitative estimate of drug-likeness (QED) is 0.676. The van der Waals surface area contributed by atoms with E-state index in [1.807, 2.05) is 0 Å². The zero-order valence-electron chi connectivity index (χ0n) is 10.6. The van der Waals surface area contributed by atoms with Crippen LogP contribution in [0.25, 0.3) is 0 Å². The fourth-order valence-corrected chi connectivity index (χ4v) is 3.33. The van der Waals surface area contributed by atoms with Crippen LogP contribution in [-0.2, 0) is 14.8 Å². The summed E-state index contributed by atoms with van der Waals surface area (Å²) in [4.78, 5) is 0. The molecule has 6 heteroatoms. The fourth-order valence-electron chi connectivity index (χ4n) is 2.01. The van der Waals surface area contributed by atoms with E-state index >= 15 is 0 Å². The number of sulfonamides is 1. The van der Waals surface area contributed by atoms with E-state index in [1.54, 1.807) is 7.05 Å². The van der Waals surface area contributed by atoms with Crippen molar-refractivity contribution in [1.82, 2.24) is 4.31 Å². The van der Waals surface area contributed by atoms with Crippen molar-refractivity contribution < 1.29 is 13.2 Å². The number of hydrogen-bond donors (Lipinski definition) is 1. The van der Waals surface area contributed by atoms with Gasteiger partial charge >= 0.3 is 0 Å². The van der Waals surface area contributed by atoms with E-state index in [1.165, 1.54) is 4.31 Å². The van der Waals surface area contributed by atoms with Crippen LogP contribution in [0.2, 0.25) is 0 Å². The second-order valence-corrected chi connectivity index (χ2v) is 6.87. The van der Waals surface area contributed by atoms with Gasteiger partial charge in [-0.15, -0.1) is 0 Å². The van der Waals surface area contributed by atoms with Crippen LogP contribution in [0.1, 0.15) is 25.7 Å². The van der Waals surface area contributed by atoms with E-state index in [0.29, 0.717) is 32.0 Å². The zero-order valence-corrected chi connectivity index (χ0v) is 11.4. The van der Waals surface area contributed by atoms with Gasteiger partial charge in [0.15, 0.2) is 0 Å². The lowest BCUT2D eigenvalue weighted by molar-refractivity contribution is 0.0495. The van der Waals surface area contributed by atoms with Crippen molar-refractivity contribution in [3.63, 3.8) is 0 Å². The minimum absolute atomic E-state index is 0.203. The largest absolute Gasteiger partial charge is 0.381 e. The van der Waals surface area contributed by atoms with Crippen LogP contribution in [0.4, 0.5) is 0 Å². The van der Waals surface area contributed by atoms with Gasteiger partial charge in [-0.2, -0.15) is 0 Å². The van der Waals surface area contributed by atoms with Crippen molar-refractivity contribution in [2.45, 2.75) is 25.7 Å². The SMILES string of the molecule is CN(CC1CCCOC1)S(=O)(=O)CCCCN. The summed E-state index contributed by atoms with van der Waals surface area (Å²) in [5, 5.41) is 0. The minimum Gasteiger partial charge on any atom is -0.381 e. The Balaban J connectivity index is 2.36. The number of rotatable bonds is 7. The first-order valence-corrected chi connectivity index (χ1v) is 7.89. The molecule has 17 heavy (non-hydrogen) atoms. The van der Waals surface area contributed by atoms with Crippen molar-refractivity contribution in [2.24, 2.45) is 11.7 Å². The van der Waals surface area contributed by atoms with Gasteiger partial charge in [0, 0.05) is 20.2 Å². The monoisotopic (exact) mass is 264 g/mol. The van der Waals surface area contributed by atoms with Crippen LogP contribution in [0.3, 0.4) is 0 Å². The summed E-state index contributed by atoms with van der Waals surface area (Å²) in [6.45, 7) is 2.62. The second-order valence-electron chi connectivity index (χ2n) is 4.68. The third kappa shape index (κ3) is 5.33. The molecule has 2 N–H and O–H groups in total. The predicted molar refractivity (Wildman–Crippen MR) is 68.2 cm³/mol. The van der Waals surface area contributed by atoms with Gasteiger partial charge in [0.05, 0.1) is 12.4 Å². The van der Waals surface area contributed by atoms with Crippen LogP contribution >= 0.6 is 0 Å². The Labute approximate surface area is 104 Å². The van der Waals surface area contributed by atoms with E-state index < -0.39 is 10.0 Å². The molecule has 0 aromatic rings. The summed E-state index contributed by atoms with van der Waals surface area (Å²) in [6, 6.07) is 0. The molecule has 0 aromatic carbocycles.